The lowest BCUT2D eigenvalue weighted by molar-refractivity contribution is -0.523. The average molecular weight is 398 g/mol. The quantitative estimate of drug-likeness (QED) is 0.512. The van der Waals surface area contributed by atoms with Crippen LogP contribution in [-0.2, 0) is 9.53 Å². The number of imide groups is 1. The molecule has 1 unspecified atom stereocenters. The van der Waals surface area contributed by atoms with Gasteiger partial charge in [0.1, 0.15) is 13.1 Å². The number of carbonyl (C=O) groups excluding carboxylic acids is 3. The van der Waals surface area contributed by atoms with Gasteiger partial charge in [0.2, 0.25) is 5.78 Å². The molecule has 152 valence electrons. The Morgan fingerprint density at radius 3 is 2.52 bits per heavy atom. The van der Waals surface area contributed by atoms with E-state index in [-0.39, 0.29) is 18.2 Å². The van der Waals surface area contributed by atoms with Crippen molar-refractivity contribution in [1.82, 2.24) is 14.7 Å². The molecule has 0 bridgehead atoms. The maximum atomic E-state index is 12.9. The highest BCUT2D eigenvalue weighted by molar-refractivity contribution is 6.23. The number of aliphatic imine (C=N–C) groups is 1. The topological polar surface area (TPSA) is 85.5 Å². The number of Topliss-reactive ketones (excluding diaryl/α,β-unsaturated/α-hetero) is 1. The zero-order chi connectivity index (χ0) is 20.5. The van der Waals surface area contributed by atoms with Crippen LogP contribution in [0.15, 0.2) is 35.3 Å². The van der Waals surface area contributed by atoms with Crippen LogP contribution in [0.1, 0.15) is 10.4 Å². The van der Waals surface area contributed by atoms with Crippen molar-refractivity contribution in [2.45, 2.75) is 6.04 Å². The zero-order valence-electron chi connectivity index (χ0n) is 16.6. The molecule has 2 saturated heterocycles. The molecule has 0 saturated carbocycles. The summed E-state index contributed by atoms with van der Waals surface area (Å²) in [6.45, 7) is 3.28. The number of hydrogen-bond donors (Lipinski definition) is 0. The number of amides is 3. The molecule has 29 heavy (non-hydrogen) atoms. The van der Waals surface area contributed by atoms with E-state index in [2.05, 4.69) is 9.89 Å². The Balaban J connectivity index is 1.68. The van der Waals surface area contributed by atoms with Gasteiger partial charge in [-0.2, -0.15) is 0 Å². The number of fused-ring (bicyclic) bond motifs is 1. The van der Waals surface area contributed by atoms with Crippen LogP contribution in [-0.4, -0.2) is 108 Å². The Bertz CT molecular complexity index is 905. The molecule has 0 radical (unpaired) electrons. The van der Waals surface area contributed by atoms with E-state index >= 15 is 0 Å². The molecule has 3 amide bonds. The number of urea groups is 1. The number of carbonyl (C=O) groups is 3. The van der Waals surface area contributed by atoms with E-state index in [1.54, 1.807) is 23.8 Å². The Morgan fingerprint density at radius 1 is 1.14 bits per heavy atom. The normalized spacial score (nSPS) is 22.8. The number of nitrogens with zero attached hydrogens (tertiary/aromatic N) is 5. The molecule has 1 aromatic carbocycles. The lowest BCUT2D eigenvalue weighted by Crippen LogP contribution is -2.62. The number of rotatable bonds is 5. The first-order valence-corrected chi connectivity index (χ1v) is 9.62. The van der Waals surface area contributed by atoms with Crippen LogP contribution in [0.4, 0.5) is 4.79 Å². The molecule has 0 spiro atoms. The number of morpholine rings is 1. The minimum Gasteiger partial charge on any atom is -0.379 e. The maximum Gasteiger partial charge on any atom is 0.333 e. The van der Waals surface area contributed by atoms with Crippen LogP contribution < -0.4 is 0 Å². The number of hydrogen-bond acceptors (Lipinski definition) is 6. The standard InChI is InChI=1S/C20H24N5O4/c1-22-18-17(19(27)23(2)20(22)28)25(12-15(26)14-6-4-3-5-7-14)16(21-18)13-24-8-10-29-11-9-24/h3-7,17H,8-13H2,1-2H3/q+1. The van der Waals surface area contributed by atoms with Crippen molar-refractivity contribution in [1.29, 1.82) is 0 Å². The summed E-state index contributed by atoms with van der Waals surface area (Å²) in [5.74, 6) is 0.530. The number of ketones is 1. The second-order valence-electron chi connectivity index (χ2n) is 7.33. The van der Waals surface area contributed by atoms with Gasteiger partial charge in [0.15, 0.2) is 0 Å². The van der Waals surface area contributed by atoms with E-state index in [1.807, 2.05) is 18.2 Å². The first kappa shape index (κ1) is 19.4. The highest BCUT2D eigenvalue weighted by Gasteiger charge is 2.53. The Labute approximate surface area is 168 Å². The molecule has 9 nitrogen and oxygen atoms in total. The molecular weight excluding hydrogens is 374 g/mol. The third-order valence-corrected chi connectivity index (χ3v) is 5.49. The highest BCUT2D eigenvalue weighted by Crippen LogP contribution is 2.20. The second-order valence-corrected chi connectivity index (χ2v) is 7.33. The molecule has 0 N–H and O–H groups in total. The van der Waals surface area contributed by atoms with E-state index in [0.29, 0.717) is 37.0 Å². The average Bonchev–Trinajstić information content (AvgIpc) is 3.10. The predicted octanol–water partition coefficient (Wildman–Crippen LogP) is -0.0830. The third-order valence-electron chi connectivity index (χ3n) is 5.49. The van der Waals surface area contributed by atoms with Gasteiger partial charge in [-0.05, 0) is 4.99 Å². The van der Waals surface area contributed by atoms with E-state index in [0.717, 1.165) is 18.0 Å². The van der Waals surface area contributed by atoms with Gasteiger partial charge in [0.25, 0.3) is 17.8 Å². The third kappa shape index (κ3) is 3.58. The van der Waals surface area contributed by atoms with Crippen molar-refractivity contribution < 1.29 is 23.7 Å². The van der Waals surface area contributed by atoms with Crippen molar-refractivity contribution in [3.63, 3.8) is 0 Å². The summed E-state index contributed by atoms with van der Waals surface area (Å²) in [5.41, 5.74) is 0.577. The lowest BCUT2D eigenvalue weighted by atomic mass is 10.1. The van der Waals surface area contributed by atoms with E-state index in [1.165, 1.54) is 11.9 Å². The molecule has 1 atom stereocenters. The van der Waals surface area contributed by atoms with Crippen molar-refractivity contribution in [2.75, 3.05) is 53.5 Å². The van der Waals surface area contributed by atoms with Gasteiger partial charge in [-0.3, -0.25) is 24.3 Å². The monoisotopic (exact) mass is 398 g/mol. The fourth-order valence-corrected chi connectivity index (χ4v) is 3.79. The SMILES string of the molecule is CN1C(=O)C2C(=NC(CN3CCOCC3)=[N+]2CC(=O)c2ccccc2)N(C)C1=O. The van der Waals surface area contributed by atoms with Crippen LogP contribution in [0.3, 0.4) is 0 Å². The van der Waals surface area contributed by atoms with Gasteiger partial charge in [-0.15, -0.1) is 0 Å². The summed E-state index contributed by atoms with van der Waals surface area (Å²) in [5, 5.41) is 0. The van der Waals surface area contributed by atoms with E-state index < -0.39 is 12.1 Å². The fraction of sp³-hybridized carbons (Fsp3) is 0.450. The van der Waals surface area contributed by atoms with Crippen LogP contribution >= 0.6 is 0 Å². The minimum atomic E-state index is -0.772. The van der Waals surface area contributed by atoms with Gasteiger partial charge in [-0.1, -0.05) is 30.3 Å². The number of likely N-dealkylation sites (N-methyl/N-ethyl adjacent to an activating group) is 2. The summed E-state index contributed by atoms with van der Waals surface area (Å²) in [6.07, 6.45) is 0. The van der Waals surface area contributed by atoms with Crippen molar-refractivity contribution in [3.8, 4) is 0 Å². The summed E-state index contributed by atoms with van der Waals surface area (Å²) >= 11 is 0. The molecule has 3 heterocycles. The first-order chi connectivity index (χ1) is 14.0. The fourth-order valence-electron chi connectivity index (χ4n) is 3.79. The Hall–Kier alpha value is -2.91. The summed E-state index contributed by atoms with van der Waals surface area (Å²) in [4.78, 5) is 47.5. The number of benzene rings is 1. The maximum absolute atomic E-state index is 12.9. The van der Waals surface area contributed by atoms with Crippen molar-refractivity contribution in [2.24, 2.45) is 4.99 Å². The van der Waals surface area contributed by atoms with Gasteiger partial charge in [0, 0.05) is 32.7 Å². The van der Waals surface area contributed by atoms with Crippen LogP contribution in [0, 0.1) is 0 Å². The zero-order valence-corrected chi connectivity index (χ0v) is 16.6. The van der Waals surface area contributed by atoms with Crippen LogP contribution in [0.25, 0.3) is 0 Å². The number of ether oxygens (including phenoxy) is 1. The molecule has 0 aliphatic carbocycles. The summed E-state index contributed by atoms with van der Waals surface area (Å²) < 4.78 is 7.14. The Morgan fingerprint density at radius 2 is 1.83 bits per heavy atom. The molecule has 3 aliphatic rings. The van der Waals surface area contributed by atoms with Crippen molar-refractivity contribution >= 4 is 29.4 Å². The van der Waals surface area contributed by atoms with E-state index in [9.17, 15) is 14.4 Å². The molecule has 1 aromatic rings. The largest absolute Gasteiger partial charge is 0.379 e. The van der Waals surface area contributed by atoms with E-state index in [4.69, 9.17) is 4.74 Å². The minimum absolute atomic E-state index is 0.0168. The molecule has 4 rings (SSSR count). The smallest absolute Gasteiger partial charge is 0.333 e. The van der Waals surface area contributed by atoms with Crippen molar-refractivity contribution in [3.05, 3.63) is 35.9 Å². The lowest BCUT2D eigenvalue weighted by Gasteiger charge is -2.30. The van der Waals surface area contributed by atoms with Gasteiger partial charge in [-0.25, -0.2) is 9.37 Å². The molecule has 2 fully saturated rings. The summed E-state index contributed by atoms with van der Waals surface area (Å²) in [6, 6.07) is 7.79. The Kier molecular flexibility index (Phi) is 5.25. The molecular formula is C20H24N5O4+. The number of amidine groups is 2. The highest BCUT2D eigenvalue weighted by atomic mass is 16.5. The molecule has 0 aromatic heterocycles. The molecule has 9 heteroatoms. The van der Waals surface area contributed by atoms with Crippen LogP contribution in [0.5, 0.6) is 0 Å². The van der Waals surface area contributed by atoms with Crippen LogP contribution in [0.2, 0.25) is 0 Å². The first-order valence-electron chi connectivity index (χ1n) is 9.62. The second kappa shape index (κ2) is 7.84. The predicted molar refractivity (Wildman–Crippen MR) is 105 cm³/mol. The van der Waals surface area contributed by atoms with Gasteiger partial charge in [0.05, 0.1) is 13.2 Å². The molecule has 3 aliphatic heterocycles. The van der Waals surface area contributed by atoms with Gasteiger partial charge >= 0.3 is 11.9 Å². The van der Waals surface area contributed by atoms with Gasteiger partial charge < -0.3 is 4.74 Å². The summed E-state index contributed by atoms with van der Waals surface area (Å²) in [7, 11) is 3.06.